The first-order chi connectivity index (χ1) is 16.0. The van der Waals surface area contributed by atoms with E-state index in [2.05, 4.69) is 41.5 Å². The van der Waals surface area contributed by atoms with Crippen molar-refractivity contribution in [3.8, 4) is 0 Å². The summed E-state index contributed by atoms with van der Waals surface area (Å²) in [5, 5.41) is 0. The molecule has 190 valence electrons. The lowest BCUT2D eigenvalue weighted by atomic mass is 9.44. The summed E-state index contributed by atoms with van der Waals surface area (Å²) in [5.74, 6) is 3.79. The highest BCUT2D eigenvalue weighted by Crippen LogP contribution is 2.73. The third-order valence-corrected chi connectivity index (χ3v) is 11.8. The molecule has 1 heterocycles. The Bertz CT molecular complexity index is 877. The summed E-state index contributed by atoms with van der Waals surface area (Å²) in [4.78, 5) is 25.8. The van der Waals surface area contributed by atoms with Gasteiger partial charge in [-0.25, -0.2) is 0 Å². The van der Waals surface area contributed by atoms with Crippen LogP contribution in [-0.2, 0) is 19.1 Å². The maximum absolute atomic E-state index is 13.5. The Hall–Kier alpha value is -1.16. The van der Waals surface area contributed by atoms with Crippen molar-refractivity contribution >= 4 is 11.8 Å². The SMILES string of the molecule is CC(=O)OC1CC2(C)C(C(C)CCC(C)C(C)C)CCC2C2CC3OC34CC=CC(=O)C4(C)C12. The highest BCUT2D eigenvalue weighted by atomic mass is 16.6. The Balaban J connectivity index is 1.46. The zero-order chi connectivity index (χ0) is 24.6. The normalized spacial score (nSPS) is 48.4. The molecule has 1 aliphatic heterocycles. The van der Waals surface area contributed by atoms with Crippen LogP contribution < -0.4 is 0 Å². The fourth-order valence-electron chi connectivity index (χ4n) is 9.54. The van der Waals surface area contributed by atoms with Gasteiger partial charge < -0.3 is 9.47 Å². The second-order valence-corrected chi connectivity index (χ2v) is 13.5. The molecule has 0 N–H and O–H groups in total. The third kappa shape index (κ3) is 3.33. The lowest BCUT2D eigenvalue weighted by molar-refractivity contribution is -0.187. The van der Waals surface area contributed by atoms with E-state index in [1.807, 2.05) is 6.08 Å². The standard InChI is InChI=1S/C30H46O4/c1-17(2)18(3)10-11-19(4)22-12-13-23-21-15-26-30(34-26)14-8-9-25(32)29(30,7)27(21)24(33-20(5)31)16-28(22,23)6/h8-9,17-19,21-24,26-27H,10-16H2,1-7H3. The molecule has 0 radical (unpaired) electrons. The summed E-state index contributed by atoms with van der Waals surface area (Å²) < 4.78 is 12.6. The van der Waals surface area contributed by atoms with Gasteiger partial charge in [0.1, 0.15) is 11.7 Å². The minimum atomic E-state index is -0.590. The summed E-state index contributed by atoms with van der Waals surface area (Å²) in [6.45, 7) is 15.7. The van der Waals surface area contributed by atoms with Crippen molar-refractivity contribution in [1.82, 2.24) is 0 Å². The van der Waals surface area contributed by atoms with Gasteiger partial charge in [-0.3, -0.25) is 9.59 Å². The number of esters is 1. The van der Waals surface area contributed by atoms with E-state index >= 15 is 0 Å². The lowest BCUT2D eigenvalue weighted by Crippen LogP contribution is -2.64. The molecule has 0 bridgehead atoms. The number of hydrogen-bond acceptors (Lipinski definition) is 4. The molecule has 0 aromatic carbocycles. The van der Waals surface area contributed by atoms with Gasteiger partial charge in [0.15, 0.2) is 5.78 Å². The summed E-state index contributed by atoms with van der Waals surface area (Å²) in [5.41, 5.74) is -0.807. The first-order valence-corrected chi connectivity index (χ1v) is 14.0. The monoisotopic (exact) mass is 470 g/mol. The van der Waals surface area contributed by atoms with Gasteiger partial charge >= 0.3 is 5.97 Å². The molecule has 3 saturated carbocycles. The molecular weight excluding hydrogens is 424 g/mol. The number of hydrogen-bond donors (Lipinski definition) is 0. The van der Waals surface area contributed by atoms with Crippen LogP contribution in [0, 0.1) is 52.3 Å². The highest BCUT2D eigenvalue weighted by molar-refractivity contribution is 5.98. The van der Waals surface area contributed by atoms with Crippen molar-refractivity contribution in [2.75, 3.05) is 0 Å². The first-order valence-electron chi connectivity index (χ1n) is 14.0. The van der Waals surface area contributed by atoms with Gasteiger partial charge in [0, 0.05) is 12.8 Å². The molecule has 4 aliphatic carbocycles. The second-order valence-electron chi connectivity index (χ2n) is 13.5. The van der Waals surface area contributed by atoms with E-state index in [0.29, 0.717) is 23.7 Å². The van der Waals surface area contributed by atoms with E-state index in [1.54, 1.807) is 6.08 Å². The smallest absolute Gasteiger partial charge is 0.302 e. The van der Waals surface area contributed by atoms with Crippen LogP contribution >= 0.6 is 0 Å². The van der Waals surface area contributed by atoms with E-state index in [4.69, 9.17) is 9.47 Å². The van der Waals surface area contributed by atoms with E-state index in [9.17, 15) is 9.59 Å². The molecule has 0 amide bonds. The van der Waals surface area contributed by atoms with Crippen molar-refractivity contribution in [3.05, 3.63) is 12.2 Å². The Morgan fingerprint density at radius 2 is 1.91 bits per heavy atom. The number of allylic oxidation sites excluding steroid dienone is 1. The largest absolute Gasteiger partial charge is 0.462 e. The van der Waals surface area contributed by atoms with Crippen LogP contribution in [0.15, 0.2) is 12.2 Å². The van der Waals surface area contributed by atoms with Crippen molar-refractivity contribution in [1.29, 1.82) is 0 Å². The maximum atomic E-state index is 13.5. The fourth-order valence-corrected chi connectivity index (χ4v) is 9.54. The number of epoxide rings is 1. The van der Waals surface area contributed by atoms with Crippen molar-refractivity contribution < 1.29 is 19.1 Å². The molecule has 0 aromatic heterocycles. The minimum absolute atomic E-state index is 0.0562. The molecular formula is C30H46O4. The van der Waals surface area contributed by atoms with Crippen LogP contribution in [0.5, 0.6) is 0 Å². The van der Waals surface area contributed by atoms with E-state index in [0.717, 1.165) is 31.1 Å². The number of ether oxygens (including phenoxy) is 2. The molecule has 34 heavy (non-hydrogen) atoms. The second kappa shape index (κ2) is 8.18. The Labute approximate surface area is 206 Å². The number of fused-ring (bicyclic) bond motifs is 4. The number of rotatable bonds is 6. The molecule has 11 atom stereocenters. The average molecular weight is 471 g/mol. The van der Waals surface area contributed by atoms with Gasteiger partial charge in [-0.15, -0.1) is 0 Å². The highest BCUT2D eigenvalue weighted by Gasteiger charge is 2.79. The Kier molecular flexibility index (Phi) is 5.90. The van der Waals surface area contributed by atoms with Crippen molar-refractivity contribution in [2.24, 2.45) is 52.3 Å². The van der Waals surface area contributed by atoms with Gasteiger partial charge in [-0.1, -0.05) is 53.5 Å². The number of carbonyl (C=O) groups is 2. The van der Waals surface area contributed by atoms with Crippen molar-refractivity contribution in [3.63, 3.8) is 0 Å². The fraction of sp³-hybridized carbons (Fsp3) is 0.867. The summed E-state index contributed by atoms with van der Waals surface area (Å²) in [6, 6.07) is 0. The molecule has 0 aromatic rings. The van der Waals surface area contributed by atoms with Gasteiger partial charge in [-0.2, -0.15) is 0 Å². The van der Waals surface area contributed by atoms with Crippen LogP contribution in [-0.4, -0.2) is 29.6 Å². The van der Waals surface area contributed by atoms with E-state index in [-0.39, 0.29) is 40.9 Å². The van der Waals surface area contributed by atoms with Gasteiger partial charge in [0.2, 0.25) is 0 Å². The number of ketones is 1. The van der Waals surface area contributed by atoms with E-state index in [1.165, 1.54) is 32.6 Å². The molecule has 1 spiro atoms. The molecule has 1 saturated heterocycles. The maximum Gasteiger partial charge on any atom is 0.302 e. The van der Waals surface area contributed by atoms with E-state index < -0.39 is 5.41 Å². The van der Waals surface area contributed by atoms with Gasteiger partial charge in [-0.05, 0) is 86.0 Å². The van der Waals surface area contributed by atoms with Gasteiger partial charge in [0.25, 0.3) is 0 Å². The quantitative estimate of drug-likeness (QED) is 0.334. The van der Waals surface area contributed by atoms with Gasteiger partial charge in [0.05, 0.1) is 11.5 Å². The molecule has 4 nitrogen and oxygen atoms in total. The predicted octanol–water partition coefficient (Wildman–Crippen LogP) is 6.37. The topological polar surface area (TPSA) is 55.9 Å². The minimum Gasteiger partial charge on any atom is -0.462 e. The summed E-state index contributed by atoms with van der Waals surface area (Å²) in [6.07, 6.45) is 11.5. The van der Waals surface area contributed by atoms with Crippen LogP contribution in [0.4, 0.5) is 0 Å². The molecule has 5 rings (SSSR count). The van der Waals surface area contributed by atoms with Crippen LogP contribution in [0.3, 0.4) is 0 Å². The average Bonchev–Trinajstić information content (AvgIpc) is 3.35. The molecule has 11 unspecified atom stereocenters. The Morgan fingerprint density at radius 3 is 2.59 bits per heavy atom. The third-order valence-electron chi connectivity index (χ3n) is 11.8. The Morgan fingerprint density at radius 1 is 1.18 bits per heavy atom. The van der Waals surface area contributed by atoms with Crippen LogP contribution in [0.1, 0.15) is 93.4 Å². The summed E-state index contributed by atoms with van der Waals surface area (Å²) >= 11 is 0. The van der Waals surface area contributed by atoms with Crippen molar-refractivity contribution in [2.45, 2.75) is 111 Å². The predicted molar refractivity (Wildman–Crippen MR) is 133 cm³/mol. The first kappa shape index (κ1) is 24.5. The summed E-state index contributed by atoms with van der Waals surface area (Å²) in [7, 11) is 0. The zero-order valence-electron chi connectivity index (χ0n) is 22.4. The zero-order valence-corrected chi connectivity index (χ0v) is 22.4. The molecule has 4 heteroatoms. The molecule has 5 aliphatic rings. The lowest BCUT2D eigenvalue weighted by Gasteiger charge is -2.59. The van der Waals surface area contributed by atoms with Crippen LogP contribution in [0.25, 0.3) is 0 Å². The molecule has 4 fully saturated rings. The number of carbonyl (C=O) groups excluding carboxylic acids is 2. The van der Waals surface area contributed by atoms with Crippen LogP contribution in [0.2, 0.25) is 0 Å².